The predicted octanol–water partition coefficient (Wildman–Crippen LogP) is 12.1. The third-order valence-corrected chi connectivity index (χ3v) is 9.11. The first kappa shape index (κ1) is 43.0. The van der Waals surface area contributed by atoms with Crippen LogP contribution < -0.4 is 0 Å². The molecule has 40 heavy (non-hydrogen) atoms. The zero-order valence-electron chi connectivity index (χ0n) is 27.7. The summed E-state index contributed by atoms with van der Waals surface area (Å²) in [6, 6.07) is 0. The van der Waals surface area contributed by atoms with E-state index in [2.05, 4.69) is 18.0 Å². The predicted molar refractivity (Wildman–Crippen MR) is 178 cm³/mol. The van der Waals surface area contributed by atoms with Gasteiger partial charge in [-0.2, -0.15) is 8.42 Å². The molecule has 6 heteroatoms. The van der Waals surface area contributed by atoms with Gasteiger partial charge in [-0.25, -0.2) is 4.18 Å². The first-order valence-corrected chi connectivity index (χ1v) is 20.9. The Morgan fingerprint density at radius 1 is 0.425 bits per heavy atom. The van der Waals surface area contributed by atoms with Crippen LogP contribution in [-0.2, 0) is 14.6 Å². The van der Waals surface area contributed by atoms with Crippen LogP contribution in [0.5, 0.6) is 0 Å². The van der Waals surface area contributed by atoms with E-state index in [1.807, 2.05) is 0 Å². The van der Waals surface area contributed by atoms with E-state index < -0.39 is 10.4 Å². The summed E-state index contributed by atoms with van der Waals surface area (Å²) in [5.74, 6) is 0. The molecule has 0 saturated heterocycles. The Morgan fingerprint density at radius 2 is 0.650 bits per heavy atom. The summed E-state index contributed by atoms with van der Waals surface area (Å²) in [5.41, 5.74) is 0. The molecule has 0 heterocycles. The molecule has 0 aromatic carbocycles. The van der Waals surface area contributed by atoms with E-state index in [4.69, 9.17) is 4.55 Å². The van der Waals surface area contributed by atoms with Gasteiger partial charge in [-0.15, -0.1) is 0 Å². The molecule has 238 valence electrons. The van der Waals surface area contributed by atoms with Crippen molar-refractivity contribution in [2.24, 2.45) is 0 Å². The number of hydrogen-bond donors (Lipinski definition) is 1. The van der Waals surface area contributed by atoms with Crippen molar-refractivity contribution in [2.75, 3.05) is 6.61 Å². The molecule has 0 rings (SSSR count). The summed E-state index contributed by atoms with van der Waals surface area (Å²) in [4.78, 5) is 0. The van der Waals surface area contributed by atoms with Crippen LogP contribution in [0.3, 0.4) is 0 Å². The summed E-state index contributed by atoms with van der Waals surface area (Å²) >= 11 is 1.41. The summed E-state index contributed by atoms with van der Waals surface area (Å²) in [5, 5.41) is 0. The van der Waals surface area contributed by atoms with Crippen LogP contribution in [0.15, 0.2) is 0 Å². The van der Waals surface area contributed by atoms with Crippen LogP contribution in [-0.4, -0.2) is 47.5 Å². The SMILES string of the molecule is CCCCCCCCCCCCCCCCCCOS(=O)(=O)O.CCCCCCCCCCCCCCC[CH2][Na]. The Kier molecular flexibility index (Phi) is 40.7. The van der Waals surface area contributed by atoms with Crippen molar-refractivity contribution in [3.8, 4) is 0 Å². The summed E-state index contributed by atoms with van der Waals surface area (Å²) in [7, 11) is -4.24. The standard InChI is InChI=1S/C18H38O4S.C16H33.Na/c1-2-3-4-5-6-7-8-9-10-11-12-13-14-15-16-17-18-22-23(19,20)21;1-3-5-7-9-11-13-15-16-14-12-10-8-6-4-2;/h2-18H2,1H3,(H,19,20,21);1,3-16H2,2H3;. The molecular formula is C34H71NaO4S. The molecule has 0 saturated carbocycles. The van der Waals surface area contributed by atoms with Crippen LogP contribution in [0.2, 0.25) is 3.67 Å². The van der Waals surface area contributed by atoms with Crippen LogP contribution in [0.4, 0.5) is 0 Å². The fourth-order valence-electron chi connectivity index (χ4n) is 5.26. The second-order valence-electron chi connectivity index (χ2n) is 12.1. The van der Waals surface area contributed by atoms with E-state index in [1.54, 1.807) is 0 Å². The first-order valence-electron chi connectivity index (χ1n) is 18.1. The Bertz CT molecular complexity index is 528. The summed E-state index contributed by atoms with van der Waals surface area (Å²) in [6.07, 6.45) is 41.2. The molecule has 0 radical (unpaired) electrons. The third kappa shape index (κ3) is 45.8. The molecule has 0 aromatic heterocycles. The second kappa shape index (κ2) is 37.9. The average molecular weight is 599 g/mol. The van der Waals surface area contributed by atoms with E-state index in [9.17, 15) is 8.42 Å². The van der Waals surface area contributed by atoms with Gasteiger partial charge < -0.3 is 0 Å². The molecule has 0 aliphatic heterocycles. The van der Waals surface area contributed by atoms with E-state index in [-0.39, 0.29) is 6.61 Å². The van der Waals surface area contributed by atoms with Gasteiger partial charge >= 0.3 is 113 Å². The molecule has 4 nitrogen and oxygen atoms in total. The molecule has 1 N–H and O–H groups in total. The number of hydrogen-bond acceptors (Lipinski definition) is 3. The van der Waals surface area contributed by atoms with Gasteiger partial charge in [0.05, 0.1) is 6.61 Å². The molecule has 0 aliphatic carbocycles. The molecule has 0 bridgehead atoms. The van der Waals surface area contributed by atoms with E-state index in [0.717, 1.165) is 12.8 Å². The molecule has 0 unspecified atom stereocenters. The first-order chi connectivity index (χ1) is 19.5. The normalized spacial score (nSPS) is 11.5. The van der Waals surface area contributed by atoms with Crippen molar-refractivity contribution in [3.63, 3.8) is 0 Å². The zero-order chi connectivity index (χ0) is 29.8. The Morgan fingerprint density at radius 3 is 0.875 bits per heavy atom. The minimum absolute atomic E-state index is 0.0945. The molecule has 0 aliphatic rings. The van der Waals surface area contributed by atoms with Crippen molar-refractivity contribution in [3.05, 3.63) is 0 Å². The summed E-state index contributed by atoms with van der Waals surface area (Å²) < 4.78 is 34.8. The van der Waals surface area contributed by atoms with Crippen molar-refractivity contribution >= 4 is 38.3 Å². The fraction of sp³-hybridized carbons (Fsp3) is 1.00. The minimum atomic E-state index is -4.24. The second-order valence-corrected chi connectivity index (χ2v) is 14.2. The number of unbranched alkanes of at least 4 members (excludes halogenated alkanes) is 28. The average Bonchev–Trinajstić information content (AvgIpc) is 2.93. The topological polar surface area (TPSA) is 63.6 Å². The van der Waals surface area contributed by atoms with Crippen LogP contribution >= 0.6 is 0 Å². The van der Waals surface area contributed by atoms with Gasteiger partial charge in [-0.05, 0) is 6.42 Å². The molecule has 0 atom stereocenters. The quantitative estimate of drug-likeness (QED) is 0.0475. The van der Waals surface area contributed by atoms with Crippen molar-refractivity contribution < 1.29 is 17.2 Å². The molecule has 0 aromatic rings. The van der Waals surface area contributed by atoms with Gasteiger partial charge in [0.15, 0.2) is 0 Å². The molecule has 0 fully saturated rings. The maximum absolute atomic E-state index is 10.3. The van der Waals surface area contributed by atoms with Crippen LogP contribution in [0.1, 0.15) is 206 Å². The monoisotopic (exact) mass is 598 g/mol. The van der Waals surface area contributed by atoms with Gasteiger partial charge in [0, 0.05) is 0 Å². The van der Waals surface area contributed by atoms with Gasteiger partial charge in [-0.1, -0.05) is 129 Å². The van der Waals surface area contributed by atoms with E-state index in [0.29, 0.717) is 6.42 Å². The van der Waals surface area contributed by atoms with Crippen molar-refractivity contribution in [1.29, 1.82) is 0 Å². The van der Waals surface area contributed by atoms with Crippen LogP contribution in [0.25, 0.3) is 0 Å². The van der Waals surface area contributed by atoms with Gasteiger partial charge in [0.2, 0.25) is 0 Å². The molecule has 0 amide bonds. The Labute approximate surface area is 270 Å². The van der Waals surface area contributed by atoms with Gasteiger partial charge in [-0.3, -0.25) is 4.55 Å². The van der Waals surface area contributed by atoms with Crippen molar-refractivity contribution in [1.82, 2.24) is 0 Å². The van der Waals surface area contributed by atoms with E-state index in [1.165, 1.54) is 205 Å². The summed E-state index contributed by atoms with van der Waals surface area (Å²) in [6.45, 7) is 4.65. The zero-order valence-corrected chi connectivity index (χ0v) is 30.5. The maximum atomic E-state index is 10.3. The van der Waals surface area contributed by atoms with Crippen molar-refractivity contribution in [2.45, 2.75) is 210 Å². The Hall–Kier alpha value is 0.870. The number of rotatable bonds is 32. The third-order valence-electron chi connectivity index (χ3n) is 7.94. The van der Waals surface area contributed by atoms with Gasteiger partial charge in [0.25, 0.3) is 0 Å². The van der Waals surface area contributed by atoms with E-state index >= 15 is 0 Å². The Balaban J connectivity index is 0. The fourth-order valence-corrected chi connectivity index (χ4v) is 6.09. The molecule has 0 spiro atoms. The van der Waals surface area contributed by atoms with Gasteiger partial charge in [0.1, 0.15) is 0 Å². The molecular weight excluding hydrogens is 527 g/mol. The van der Waals surface area contributed by atoms with Crippen LogP contribution in [0, 0.1) is 0 Å².